The SMILES string of the molecule is Cc1nn(C)c(C)c1-c1cc(C(=O)N2CC[C@@H]3CNC[C@@H]3CC2)[nH]n1.Cl. The minimum Gasteiger partial charge on any atom is -0.337 e. The smallest absolute Gasteiger partial charge is 0.271 e. The summed E-state index contributed by atoms with van der Waals surface area (Å²) in [5.74, 6) is 1.50. The molecule has 2 fully saturated rings. The first kappa shape index (κ1) is 18.9. The number of hydrogen-bond donors (Lipinski definition) is 2. The third-order valence-electron chi connectivity index (χ3n) is 5.88. The highest BCUT2D eigenvalue weighted by Crippen LogP contribution is 2.29. The standard InChI is InChI=1S/C18H26N6O.ClH/c1-11-17(12(2)23(3)22-11)15-8-16(21-20-15)18(25)24-6-4-13-9-19-10-14(13)5-7-24;/h8,13-14,19H,4-7,9-10H2,1-3H3,(H,20,21);1H/t13-,14+;. The molecular formula is C18H27ClN6O. The van der Waals surface area contributed by atoms with Gasteiger partial charge in [-0.1, -0.05) is 0 Å². The van der Waals surface area contributed by atoms with Crippen molar-refractivity contribution in [1.29, 1.82) is 0 Å². The van der Waals surface area contributed by atoms with Crippen molar-refractivity contribution in [1.82, 2.24) is 30.2 Å². The van der Waals surface area contributed by atoms with Gasteiger partial charge in [-0.15, -0.1) is 12.4 Å². The molecule has 0 saturated carbocycles. The van der Waals surface area contributed by atoms with E-state index in [1.54, 1.807) is 0 Å². The van der Waals surface area contributed by atoms with Gasteiger partial charge in [-0.25, -0.2) is 0 Å². The molecule has 0 aromatic carbocycles. The Morgan fingerprint density at radius 1 is 1.19 bits per heavy atom. The first-order valence-electron chi connectivity index (χ1n) is 9.10. The third kappa shape index (κ3) is 3.25. The van der Waals surface area contributed by atoms with E-state index in [0.29, 0.717) is 5.69 Å². The molecule has 0 spiro atoms. The van der Waals surface area contributed by atoms with Gasteiger partial charge in [-0.3, -0.25) is 14.6 Å². The molecule has 142 valence electrons. The first-order valence-corrected chi connectivity index (χ1v) is 9.10. The zero-order valence-electron chi connectivity index (χ0n) is 15.6. The van der Waals surface area contributed by atoms with E-state index in [1.807, 2.05) is 36.5 Å². The number of H-pyrrole nitrogens is 1. The topological polar surface area (TPSA) is 78.8 Å². The predicted octanol–water partition coefficient (Wildman–Crippen LogP) is 1.92. The van der Waals surface area contributed by atoms with Crippen LogP contribution < -0.4 is 5.32 Å². The molecule has 2 aliphatic heterocycles. The van der Waals surface area contributed by atoms with E-state index in [0.717, 1.165) is 73.5 Å². The minimum atomic E-state index is 0. The Kier molecular flexibility index (Phi) is 5.39. The quantitative estimate of drug-likeness (QED) is 0.836. The van der Waals surface area contributed by atoms with Gasteiger partial charge in [0.1, 0.15) is 5.69 Å². The van der Waals surface area contributed by atoms with E-state index < -0.39 is 0 Å². The van der Waals surface area contributed by atoms with Crippen LogP contribution in [0.25, 0.3) is 11.3 Å². The van der Waals surface area contributed by atoms with Gasteiger partial charge in [0, 0.05) is 31.4 Å². The lowest BCUT2D eigenvalue weighted by Gasteiger charge is -2.19. The van der Waals surface area contributed by atoms with E-state index in [4.69, 9.17) is 0 Å². The van der Waals surface area contributed by atoms with E-state index >= 15 is 0 Å². The van der Waals surface area contributed by atoms with Crippen molar-refractivity contribution in [2.75, 3.05) is 26.2 Å². The molecule has 1 amide bonds. The number of halogens is 1. The number of fused-ring (bicyclic) bond motifs is 1. The molecule has 0 radical (unpaired) electrons. The summed E-state index contributed by atoms with van der Waals surface area (Å²) in [6.07, 6.45) is 2.18. The molecule has 2 aromatic heterocycles. The normalized spacial score (nSPS) is 22.7. The first-order chi connectivity index (χ1) is 12.0. The van der Waals surface area contributed by atoms with E-state index in [2.05, 4.69) is 20.6 Å². The van der Waals surface area contributed by atoms with Crippen molar-refractivity contribution in [3.05, 3.63) is 23.1 Å². The molecule has 4 rings (SSSR count). The molecule has 2 saturated heterocycles. The summed E-state index contributed by atoms with van der Waals surface area (Å²) in [5.41, 5.74) is 4.36. The van der Waals surface area contributed by atoms with Crippen LogP contribution in [0.5, 0.6) is 0 Å². The molecule has 2 aliphatic rings. The fourth-order valence-electron chi connectivity index (χ4n) is 4.30. The Labute approximate surface area is 159 Å². The van der Waals surface area contributed by atoms with Crippen molar-refractivity contribution < 1.29 is 4.79 Å². The summed E-state index contributed by atoms with van der Waals surface area (Å²) in [6.45, 7) is 7.86. The number of aryl methyl sites for hydroxylation is 2. The van der Waals surface area contributed by atoms with E-state index in [1.165, 1.54) is 0 Å². The van der Waals surface area contributed by atoms with E-state index in [9.17, 15) is 4.79 Å². The summed E-state index contributed by atoms with van der Waals surface area (Å²) in [4.78, 5) is 14.9. The number of nitrogens with zero attached hydrogens (tertiary/aromatic N) is 4. The van der Waals surface area contributed by atoms with Crippen molar-refractivity contribution >= 4 is 18.3 Å². The summed E-state index contributed by atoms with van der Waals surface area (Å²) in [6, 6.07) is 1.87. The predicted molar refractivity (Wildman–Crippen MR) is 102 cm³/mol. The molecule has 26 heavy (non-hydrogen) atoms. The molecule has 7 nitrogen and oxygen atoms in total. The van der Waals surface area contributed by atoms with Gasteiger partial charge in [0.05, 0.1) is 11.4 Å². The number of aromatic amines is 1. The Morgan fingerprint density at radius 3 is 2.42 bits per heavy atom. The largest absolute Gasteiger partial charge is 0.337 e. The summed E-state index contributed by atoms with van der Waals surface area (Å²) in [7, 11) is 1.92. The average Bonchev–Trinajstić information content (AvgIpc) is 3.26. The molecule has 2 atom stereocenters. The monoisotopic (exact) mass is 378 g/mol. The lowest BCUT2D eigenvalue weighted by molar-refractivity contribution is 0.0752. The Hall–Kier alpha value is -1.86. The molecule has 0 bridgehead atoms. The van der Waals surface area contributed by atoms with Crippen LogP contribution in [0.2, 0.25) is 0 Å². The maximum atomic E-state index is 12.9. The number of carbonyl (C=O) groups is 1. The van der Waals surface area contributed by atoms with Gasteiger partial charge >= 0.3 is 0 Å². The van der Waals surface area contributed by atoms with Crippen LogP contribution in [-0.4, -0.2) is 57.0 Å². The van der Waals surface area contributed by atoms with Crippen molar-refractivity contribution in [3.8, 4) is 11.3 Å². The average molecular weight is 379 g/mol. The van der Waals surface area contributed by atoms with Crippen LogP contribution in [0.3, 0.4) is 0 Å². The third-order valence-corrected chi connectivity index (χ3v) is 5.88. The van der Waals surface area contributed by atoms with Crippen molar-refractivity contribution in [3.63, 3.8) is 0 Å². The van der Waals surface area contributed by atoms with Gasteiger partial charge in [0.2, 0.25) is 0 Å². The highest BCUT2D eigenvalue weighted by molar-refractivity contribution is 5.93. The maximum Gasteiger partial charge on any atom is 0.271 e. The number of carbonyl (C=O) groups excluding carboxylic acids is 1. The lowest BCUT2D eigenvalue weighted by atomic mass is 9.92. The molecule has 2 aromatic rings. The summed E-state index contributed by atoms with van der Waals surface area (Å²) >= 11 is 0. The molecule has 2 N–H and O–H groups in total. The number of nitrogens with one attached hydrogen (secondary N) is 2. The van der Waals surface area contributed by atoms with E-state index in [-0.39, 0.29) is 18.3 Å². The number of rotatable bonds is 2. The van der Waals surface area contributed by atoms with Crippen LogP contribution in [0.15, 0.2) is 6.07 Å². The van der Waals surface area contributed by atoms with Crippen LogP contribution >= 0.6 is 12.4 Å². The number of hydrogen-bond acceptors (Lipinski definition) is 4. The minimum absolute atomic E-state index is 0. The van der Waals surface area contributed by atoms with Crippen LogP contribution in [-0.2, 0) is 7.05 Å². The molecule has 0 aliphatic carbocycles. The highest BCUT2D eigenvalue weighted by atomic mass is 35.5. The van der Waals surface area contributed by atoms with Gasteiger partial charge in [0.15, 0.2) is 0 Å². The number of likely N-dealkylation sites (tertiary alicyclic amines) is 1. The van der Waals surface area contributed by atoms with Crippen LogP contribution in [0.4, 0.5) is 0 Å². The maximum absolute atomic E-state index is 12.9. The van der Waals surface area contributed by atoms with Gasteiger partial charge in [-0.05, 0) is 57.7 Å². The Morgan fingerprint density at radius 2 is 1.85 bits per heavy atom. The zero-order valence-corrected chi connectivity index (χ0v) is 16.4. The summed E-state index contributed by atoms with van der Waals surface area (Å²) in [5, 5.41) is 15.2. The van der Waals surface area contributed by atoms with Crippen LogP contribution in [0.1, 0.15) is 34.7 Å². The molecule has 4 heterocycles. The zero-order chi connectivity index (χ0) is 17.6. The second kappa shape index (κ2) is 7.40. The van der Waals surface area contributed by atoms with Gasteiger partial charge < -0.3 is 10.2 Å². The van der Waals surface area contributed by atoms with Crippen molar-refractivity contribution in [2.45, 2.75) is 26.7 Å². The molecule has 8 heteroatoms. The number of amides is 1. The van der Waals surface area contributed by atoms with Crippen LogP contribution in [0, 0.1) is 25.7 Å². The molecular weight excluding hydrogens is 352 g/mol. The lowest BCUT2D eigenvalue weighted by Crippen LogP contribution is -2.33. The fraction of sp³-hybridized carbons (Fsp3) is 0.611. The van der Waals surface area contributed by atoms with Gasteiger partial charge in [0.25, 0.3) is 5.91 Å². The second-order valence-corrected chi connectivity index (χ2v) is 7.38. The molecule has 0 unspecified atom stereocenters. The number of aromatic nitrogens is 4. The fourth-order valence-corrected chi connectivity index (χ4v) is 4.30. The van der Waals surface area contributed by atoms with Gasteiger partial charge in [-0.2, -0.15) is 10.2 Å². The Balaban J connectivity index is 0.00000196. The second-order valence-electron chi connectivity index (χ2n) is 7.38. The Bertz CT molecular complexity index is 784. The highest BCUT2D eigenvalue weighted by Gasteiger charge is 2.32. The van der Waals surface area contributed by atoms with Crippen molar-refractivity contribution in [2.24, 2.45) is 18.9 Å². The summed E-state index contributed by atoms with van der Waals surface area (Å²) < 4.78 is 1.85.